The summed E-state index contributed by atoms with van der Waals surface area (Å²) in [6, 6.07) is 0. The molecule has 2 rings (SSSR count). The number of nitro groups is 1. The molecule has 6 heteroatoms. The molecule has 2 N–H and O–H groups in total. The molecule has 0 saturated heterocycles. The van der Waals surface area contributed by atoms with Crippen LogP contribution < -0.4 is 0 Å². The third-order valence-electron chi connectivity index (χ3n) is 5.07. The standard InChI is InChI=1S/C15H23NO5/c1-14(2,3)12(13(18)19)15(8-16(20)21)6-10-4-9(7-17)5-11(10)15/h5,10-12,17H,4,6-8H2,1-3H3,(H,18,19)/t10-,11-,12?,15-/m0/s1. The molecule has 0 radical (unpaired) electrons. The van der Waals surface area contributed by atoms with Gasteiger partial charge in [-0.1, -0.05) is 26.8 Å². The lowest BCUT2D eigenvalue weighted by Crippen LogP contribution is -2.59. The first-order chi connectivity index (χ1) is 9.61. The van der Waals surface area contributed by atoms with Crippen molar-refractivity contribution in [1.82, 2.24) is 0 Å². The van der Waals surface area contributed by atoms with Crippen LogP contribution in [0.2, 0.25) is 0 Å². The van der Waals surface area contributed by atoms with Crippen molar-refractivity contribution in [2.75, 3.05) is 13.2 Å². The van der Waals surface area contributed by atoms with Gasteiger partial charge in [0.05, 0.1) is 17.9 Å². The number of nitrogens with zero attached hydrogens (tertiary/aromatic N) is 1. The summed E-state index contributed by atoms with van der Waals surface area (Å²) in [5.74, 6) is -1.60. The lowest BCUT2D eigenvalue weighted by Gasteiger charge is -2.55. The van der Waals surface area contributed by atoms with Crippen molar-refractivity contribution in [1.29, 1.82) is 0 Å². The molecule has 0 aromatic carbocycles. The zero-order valence-electron chi connectivity index (χ0n) is 12.7. The lowest BCUT2D eigenvalue weighted by molar-refractivity contribution is -0.510. The normalized spacial score (nSPS) is 32.9. The van der Waals surface area contributed by atoms with E-state index >= 15 is 0 Å². The molecular weight excluding hydrogens is 274 g/mol. The smallest absolute Gasteiger partial charge is 0.307 e. The predicted molar refractivity (Wildman–Crippen MR) is 76.3 cm³/mol. The minimum absolute atomic E-state index is 0.0468. The summed E-state index contributed by atoms with van der Waals surface area (Å²) in [6.07, 6.45) is 3.17. The Morgan fingerprint density at radius 3 is 2.62 bits per heavy atom. The zero-order valence-corrected chi connectivity index (χ0v) is 12.7. The number of carboxylic acid groups (broad SMARTS) is 1. The van der Waals surface area contributed by atoms with Crippen LogP contribution in [-0.4, -0.2) is 34.3 Å². The molecule has 0 spiro atoms. The fourth-order valence-electron chi connectivity index (χ4n) is 4.63. The van der Waals surface area contributed by atoms with Gasteiger partial charge < -0.3 is 10.2 Å². The van der Waals surface area contributed by atoms with E-state index in [0.717, 1.165) is 12.0 Å². The number of aliphatic carboxylic acids is 1. The zero-order chi connectivity index (χ0) is 16.0. The maximum atomic E-state index is 11.8. The molecule has 0 aliphatic heterocycles. The molecule has 21 heavy (non-hydrogen) atoms. The summed E-state index contributed by atoms with van der Waals surface area (Å²) in [5, 5.41) is 30.1. The van der Waals surface area contributed by atoms with Crippen LogP contribution in [0.4, 0.5) is 0 Å². The molecule has 118 valence electrons. The third kappa shape index (κ3) is 2.57. The number of aliphatic hydroxyl groups is 1. The van der Waals surface area contributed by atoms with E-state index in [0.29, 0.717) is 6.42 Å². The molecule has 2 aliphatic carbocycles. The van der Waals surface area contributed by atoms with Gasteiger partial charge in [-0.15, -0.1) is 0 Å². The van der Waals surface area contributed by atoms with Crippen molar-refractivity contribution in [3.8, 4) is 0 Å². The number of fused-ring (bicyclic) bond motifs is 1. The highest BCUT2D eigenvalue weighted by Crippen LogP contribution is 2.64. The highest BCUT2D eigenvalue weighted by molar-refractivity contribution is 5.72. The second-order valence-corrected chi connectivity index (χ2v) is 7.54. The molecule has 1 unspecified atom stereocenters. The van der Waals surface area contributed by atoms with Crippen molar-refractivity contribution in [2.45, 2.75) is 33.6 Å². The molecule has 1 fully saturated rings. The maximum absolute atomic E-state index is 11.8. The van der Waals surface area contributed by atoms with E-state index in [1.165, 1.54) is 0 Å². The summed E-state index contributed by atoms with van der Waals surface area (Å²) in [5.41, 5.74) is -0.508. The summed E-state index contributed by atoms with van der Waals surface area (Å²) >= 11 is 0. The first-order valence-electron chi connectivity index (χ1n) is 7.27. The molecule has 6 nitrogen and oxygen atoms in total. The van der Waals surface area contributed by atoms with Crippen molar-refractivity contribution >= 4 is 5.97 Å². The molecule has 0 amide bonds. The monoisotopic (exact) mass is 297 g/mol. The van der Waals surface area contributed by atoms with Gasteiger partial charge >= 0.3 is 5.97 Å². The van der Waals surface area contributed by atoms with Crippen LogP contribution in [-0.2, 0) is 4.79 Å². The van der Waals surface area contributed by atoms with E-state index in [1.54, 1.807) is 0 Å². The van der Waals surface area contributed by atoms with E-state index in [9.17, 15) is 25.1 Å². The number of carbonyl (C=O) groups is 1. The van der Waals surface area contributed by atoms with Gasteiger partial charge in [-0.05, 0) is 35.7 Å². The topological polar surface area (TPSA) is 101 Å². The van der Waals surface area contributed by atoms with Crippen molar-refractivity contribution < 1.29 is 19.9 Å². The first-order valence-corrected chi connectivity index (χ1v) is 7.27. The van der Waals surface area contributed by atoms with Crippen LogP contribution in [0.25, 0.3) is 0 Å². The van der Waals surface area contributed by atoms with E-state index in [-0.39, 0.29) is 29.9 Å². The Balaban J connectivity index is 2.42. The number of carboxylic acids is 1. The van der Waals surface area contributed by atoms with Crippen LogP contribution >= 0.6 is 0 Å². The second kappa shape index (κ2) is 5.09. The third-order valence-corrected chi connectivity index (χ3v) is 5.07. The van der Waals surface area contributed by atoms with Crippen LogP contribution in [0.15, 0.2) is 11.6 Å². The second-order valence-electron chi connectivity index (χ2n) is 7.54. The Morgan fingerprint density at radius 1 is 1.57 bits per heavy atom. The highest BCUT2D eigenvalue weighted by Gasteiger charge is 2.65. The van der Waals surface area contributed by atoms with E-state index in [1.807, 2.05) is 26.8 Å². The Kier molecular flexibility index (Phi) is 3.86. The van der Waals surface area contributed by atoms with Crippen LogP contribution in [0.1, 0.15) is 33.6 Å². The fourth-order valence-corrected chi connectivity index (χ4v) is 4.63. The van der Waals surface area contributed by atoms with E-state index in [4.69, 9.17) is 0 Å². The highest BCUT2D eigenvalue weighted by atomic mass is 16.6. The fraction of sp³-hybridized carbons (Fsp3) is 0.800. The van der Waals surface area contributed by atoms with Crippen LogP contribution in [0.5, 0.6) is 0 Å². The van der Waals surface area contributed by atoms with Crippen LogP contribution in [0, 0.1) is 38.7 Å². The SMILES string of the molecule is CC(C)(C)C(C(=O)O)[C@]1(C[N+](=O)[O-])C[C@@H]2CC(CO)=C[C@@H]21. The Labute approximate surface area is 124 Å². The minimum Gasteiger partial charge on any atom is -0.481 e. The molecule has 2 aliphatic rings. The minimum atomic E-state index is -0.964. The average Bonchev–Trinajstić information content (AvgIpc) is 2.63. The maximum Gasteiger partial charge on any atom is 0.307 e. The summed E-state index contributed by atoms with van der Waals surface area (Å²) in [6.45, 7) is 5.11. The average molecular weight is 297 g/mol. The molecular formula is C15H23NO5. The Morgan fingerprint density at radius 2 is 2.19 bits per heavy atom. The lowest BCUT2D eigenvalue weighted by atomic mass is 9.46. The first kappa shape index (κ1) is 15.9. The van der Waals surface area contributed by atoms with Gasteiger partial charge in [-0.25, -0.2) is 0 Å². The van der Waals surface area contributed by atoms with Crippen molar-refractivity contribution in [3.05, 3.63) is 21.8 Å². The predicted octanol–water partition coefficient (Wildman–Crippen LogP) is 1.95. The van der Waals surface area contributed by atoms with Gasteiger partial charge in [0.15, 0.2) is 0 Å². The number of hydrogen-bond acceptors (Lipinski definition) is 4. The van der Waals surface area contributed by atoms with E-state index < -0.39 is 22.7 Å². The molecule has 4 atom stereocenters. The largest absolute Gasteiger partial charge is 0.481 e. The number of rotatable bonds is 5. The Bertz CT molecular complexity index is 493. The van der Waals surface area contributed by atoms with Gasteiger partial charge in [-0.3, -0.25) is 14.9 Å². The molecule has 0 aromatic rings. The van der Waals surface area contributed by atoms with Gasteiger partial charge in [-0.2, -0.15) is 0 Å². The van der Waals surface area contributed by atoms with Crippen LogP contribution in [0.3, 0.4) is 0 Å². The molecule has 0 heterocycles. The molecule has 1 saturated carbocycles. The molecule has 0 aromatic heterocycles. The molecule has 0 bridgehead atoms. The van der Waals surface area contributed by atoms with E-state index in [2.05, 4.69) is 0 Å². The van der Waals surface area contributed by atoms with Gasteiger partial charge in [0.25, 0.3) is 0 Å². The van der Waals surface area contributed by atoms with Gasteiger partial charge in [0.1, 0.15) is 0 Å². The summed E-state index contributed by atoms with van der Waals surface area (Å²) < 4.78 is 0. The van der Waals surface area contributed by atoms with Crippen molar-refractivity contribution in [3.63, 3.8) is 0 Å². The quantitative estimate of drug-likeness (QED) is 0.459. The summed E-state index contributed by atoms with van der Waals surface area (Å²) in [4.78, 5) is 22.6. The van der Waals surface area contributed by atoms with Gasteiger partial charge in [0.2, 0.25) is 6.54 Å². The summed E-state index contributed by atoms with van der Waals surface area (Å²) in [7, 11) is 0. The number of allylic oxidation sites excluding steroid dienone is 1. The van der Waals surface area contributed by atoms with Crippen molar-refractivity contribution in [2.24, 2.45) is 28.6 Å². The number of hydrogen-bond donors (Lipinski definition) is 2. The van der Waals surface area contributed by atoms with Gasteiger partial charge in [0, 0.05) is 4.92 Å². The Hall–Kier alpha value is -1.43. The number of aliphatic hydroxyl groups excluding tert-OH is 1.